The zero-order valence-electron chi connectivity index (χ0n) is 19.0. The highest BCUT2D eigenvalue weighted by Gasteiger charge is 2.19. The molecule has 0 unspecified atom stereocenters. The molecule has 0 saturated carbocycles. The van der Waals surface area contributed by atoms with E-state index < -0.39 is 0 Å². The number of ether oxygens (including phenoxy) is 1. The van der Waals surface area contributed by atoms with E-state index in [4.69, 9.17) is 27.9 Å². The molecule has 1 aliphatic rings. The van der Waals surface area contributed by atoms with Crippen LogP contribution in [-0.4, -0.2) is 62.4 Å². The number of nitrogens with one attached hydrogen (secondary N) is 1. The first kappa shape index (κ1) is 23.0. The summed E-state index contributed by atoms with van der Waals surface area (Å²) in [6.07, 6.45) is 2.51. The number of hydrogen-bond acceptors (Lipinski definition) is 7. The molecule has 3 aromatic heterocycles. The molecular weight excluding hydrogens is 477 g/mol. The molecule has 1 aromatic carbocycles. The van der Waals surface area contributed by atoms with Gasteiger partial charge in [-0.25, -0.2) is 9.97 Å². The summed E-state index contributed by atoms with van der Waals surface area (Å²) < 4.78 is 7.65. The van der Waals surface area contributed by atoms with Crippen LogP contribution in [0.2, 0.25) is 10.0 Å². The van der Waals surface area contributed by atoms with Gasteiger partial charge in [0.05, 0.1) is 29.1 Å². The average Bonchev–Trinajstić information content (AvgIpc) is 3.27. The van der Waals surface area contributed by atoms with Crippen molar-refractivity contribution in [2.24, 2.45) is 10.2 Å². The number of morpholine rings is 1. The van der Waals surface area contributed by atoms with Crippen molar-refractivity contribution >= 4 is 56.6 Å². The molecule has 0 radical (unpaired) electrons. The van der Waals surface area contributed by atoms with Gasteiger partial charge in [-0.2, -0.15) is 0 Å². The smallest absolute Gasteiger partial charge is 0.218 e. The molecule has 11 heteroatoms. The van der Waals surface area contributed by atoms with E-state index in [0.29, 0.717) is 26.8 Å². The fourth-order valence-corrected chi connectivity index (χ4v) is 5.07. The van der Waals surface area contributed by atoms with Crippen LogP contribution >= 0.6 is 23.2 Å². The van der Waals surface area contributed by atoms with Crippen molar-refractivity contribution in [2.75, 3.05) is 32.8 Å². The molecule has 34 heavy (non-hydrogen) atoms. The second-order valence-electron chi connectivity index (χ2n) is 8.40. The maximum Gasteiger partial charge on any atom is 0.218 e. The highest BCUT2D eigenvalue weighted by molar-refractivity contribution is 6.39. The van der Waals surface area contributed by atoms with Gasteiger partial charge in [0.1, 0.15) is 12.0 Å². The van der Waals surface area contributed by atoms with Gasteiger partial charge in [-0.05, 0) is 38.0 Å². The fraction of sp³-hybridized carbons (Fsp3) is 0.391. The maximum absolute atomic E-state index is 10.4. The van der Waals surface area contributed by atoms with Crippen molar-refractivity contribution in [3.63, 3.8) is 0 Å². The van der Waals surface area contributed by atoms with Crippen LogP contribution in [0.25, 0.3) is 21.9 Å². The normalized spacial score (nSPS) is 15.3. The molecule has 4 heterocycles. The lowest BCUT2D eigenvalue weighted by molar-refractivity contribution is 0.0369. The Morgan fingerprint density at radius 3 is 2.68 bits per heavy atom. The highest BCUT2D eigenvalue weighted by atomic mass is 35.5. The Labute approximate surface area is 206 Å². The predicted octanol–water partition coefficient (Wildman–Crippen LogP) is 5.68. The number of benzene rings is 1. The molecule has 0 spiro atoms. The minimum atomic E-state index is -0.137. The number of halogens is 2. The third kappa shape index (κ3) is 4.24. The summed E-state index contributed by atoms with van der Waals surface area (Å²) in [7, 11) is 0. The van der Waals surface area contributed by atoms with Gasteiger partial charge < -0.3 is 19.4 Å². The summed E-state index contributed by atoms with van der Waals surface area (Å²) in [5, 5.41) is 21.3. The molecule has 9 nitrogen and oxygen atoms in total. The second kappa shape index (κ2) is 9.50. The summed E-state index contributed by atoms with van der Waals surface area (Å²) >= 11 is 12.4. The van der Waals surface area contributed by atoms with Crippen LogP contribution < -0.4 is 0 Å². The van der Waals surface area contributed by atoms with Crippen LogP contribution in [0.1, 0.15) is 17.7 Å². The van der Waals surface area contributed by atoms with E-state index in [1.807, 2.05) is 6.92 Å². The van der Waals surface area contributed by atoms with Gasteiger partial charge in [0.2, 0.25) is 5.88 Å². The van der Waals surface area contributed by atoms with Crippen LogP contribution in [0.5, 0.6) is 5.88 Å². The largest absolute Gasteiger partial charge is 0.493 e. The number of H-pyrrole nitrogens is 1. The third-order valence-electron chi connectivity index (χ3n) is 6.36. The Morgan fingerprint density at radius 2 is 1.88 bits per heavy atom. The van der Waals surface area contributed by atoms with E-state index in [1.165, 1.54) is 6.33 Å². The number of azo groups is 1. The van der Waals surface area contributed by atoms with Crippen molar-refractivity contribution in [3.05, 3.63) is 39.8 Å². The van der Waals surface area contributed by atoms with E-state index in [0.717, 1.165) is 68.1 Å². The summed E-state index contributed by atoms with van der Waals surface area (Å²) in [6.45, 7) is 9.56. The van der Waals surface area contributed by atoms with Gasteiger partial charge in [0.25, 0.3) is 0 Å². The Kier molecular flexibility index (Phi) is 6.44. The van der Waals surface area contributed by atoms with E-state index in [9.17, 15) is 5.11 Å². The fourth-order valence-electron chi connectivity index (χ4n) is 4.49. The number of aryl methyl sites for hydroxylation is 2. The Hall–Kier alpha value is -2.72. The van der Waals surface area contributed by atoms with Crippen molar-refractivity contribution in [1.29, 1.82) is 0 Å². The second-order valence-corrected chi connectivity index (χ2v) is 9.24. The predicted molar refractivity (Wildman–Crippen MR) is 133 cm³/mol. The molecule has 0 amide bonds. The van der Waals surface area contributed by atoms with E-state index >= 15 is 0 Å². The topological polar surface area (TPSA) is 104 Å². The van der Waals surface area contributed by atoms with Gasteiger partial charge >= 0.3 is 0 Å². The number of hydrogen-bond donors (Lipinski definition) is 2. The third-order valence-corrected chi connectivity index (χ3v) is 6.88. The van der Waals surface area contributed by atoms with Crippen LogP contribution in [-0.2, 0) is 11.3 Å². The van der Waals surface area contributed by atoms with Crippen molar-refractivity contribution in [3.8, 4) is 5.88 Å². The summed E-state index contributed by atoms with van der Waals surface area (Å²) in [4.78, 5) is 14.2. The average molecular weight is 502 g/mol. The summed E-state index contributed by atoms with van der Waals surface area (Å²) in [5.74, 6) is 0.304. The molecule has 0 atom stereocenters. The number of aromatic amines is 1. The summed E-state index contributed by atoms with van der Waals surface area (Å²) in [5.41, 5.74) is 3.83. The first-order valence-corrected chi connectivity index (χ1v) is 11.9. The molecule has 2 N–H and O–H groups in total. The maximum atomic E-state index is 10.4. The first-order valence-electron chi connectivity index (χ1n) is 11.2. The molecule has 0 aliphatic carbocycles. The van der Waals surface area contributed by atoms with Crippen molar-refractivity contribution in [1.82, 2.24) is 24.4 Å². The van der Waals surface area contributed by atoms with E-state index in [1.54, 1.807) is 12.1 Å². The Balaban J connectivity index is 1.46. The van der Waals surface area contributed by atoms with Crippen LogP contribution in [0, 0.1) is 13.8 Å². The lowest BCUT2D eigenvalue weighted by Gasteiger charge is -2.26. The molecule has 0 bridgehead atoms. The van der Waals surface area contributed by atoms with E-state index in [-0.39, 0.29) is 11.6 Å². The van der Waals surface area contributed by atoms with Gasteiger partial charge in [-0.15, -0.1) is 10.2 Å². The lowest BCUT2D eigenvalue weighted by Crippen LogP contribution is -2.37. The van der Waals surface area contributed by atoms with Gasteiger partial charge in [-0.3, -0.25) is 4.90 Å². The quantitative estimate of drug-likeness (QED) is 0.330. The molecule has 1 fully saturated rings. The molecule has 1 saturated heterocycles. The number of fused-ring (bicyclic) bond motifs is 2. The highest BCUT2D eigenvalue weighted by Crippen LogP contribution is 2.42. The minimum absolute atomic E-state index is 0.137. The molecule has 1 aliphatic heterocycles. The number of nitrogens with zero attached hydrogens (tertiary/aromatic N) is 6. The van der Waals surface area contributed by atoms with Crippen LogP contribution in [0.3, 0.4) is 0 Å². The van der Waals surface area contributed by atoms with Crippen LogP contribution in [0.15, 0.2) is 28.7 Å². The standard InChI is InChI=1S/C23H25Cl2N7O2/c1-13-14(2)32(5-3-4-31-6-8-34-9-7-31)22-18(13)21(26-12-27-22)30-29-20-19-16(25)10-15(24)11-17(19)28-23(20)33/h10-12,28,33H,3-9H2,1-2H3. The van der Waals surface area contributed by atoms with Gasteiger partial charge in [0, 0.05) is 42.3 Å². The van der Waals surface area contributed by atoms with Gasteiger partial charge in [-0.1, -0.05) is 23.2 Å². The number of aromatic hydroxyl groups is 1. The molecule has 4 aromatic rings. The molecule has 178 valence electrons. The number of rotatable bonds is 6. The van der Waals surface area contributed by atoms with Crippen molar-refractivity contribution in [2.45, 2.75) is 26.8 Å². The SMILES string of the molecule is Cc1c(C)n(CCCN2CCOCC2)c2ncnc(N=Nc3c(O)[nH]c4cc(Cl)cc(Cl)c34)c12. The Bertz CT molecular complexity index is 1390. The minimum Gasteiger partial charge on any atom is -0.493 e. The van der Waals surface area contributed by atoms with Crippen molar-refractivity contribution < 1.29 is 9.84 Å². The zero-order valence-corrected chi connectivity index (χ0v) is 20.5. The number of aromatic nitrogens is 4. The lowest BCUT2D eigenvalue weighted by atomic mass is 10.2. The zero-order chi connectivity index (χ0) is 23.8. The van der Waals surface area contributed by atoms with Crippen LogP contribution in [0.4, 0.5) is 11.5 Å². The molecule has 5 rings (SSSR count). The van der Waals surface area contributed by atoms with E-state index in [2.05, 4.69) is 41.6 Å². The molecular formula is C23H25Cl2N7O2. The van der Waals surface area contributed by atoms with Gasteiger partial charge in [0.15, 0.2) is 11.5 Å². The summed E-state index contributed by atoms with van der Waals surface area (Å²) in [6, 6.07) is 3.28. The monoisotopic (exact) mass is 501 g/mol. The first-order chi connectivity index (χ1) is 16.4. The Morgan fingerprint density at radius 1 is 1.09 bits per heavy atom.